The zero-order chi connectivity index (χ0) is 32.7. The van der Waals surface area contributed by atoms with Gasteiger partial charge in [0.2, 0.25) is 0 Å². The third kappa shape index (κ3) is 7.24. The summed E-state index contributed by atoms with van der Waals surface area (Å²) in [4.78, 5) is 3.57. The Balaban J connectivity index is 1.28. The summed E-state index contributed by atoms with van der Waals surface area (Å²) >= 11 is 0. The van der Waals surface area contributed by atoms with Gasteiger partial charge in [0.1, 0.15) is 18.5 Å². The minimum absolute atomic E-state index is 0.225. The highest BCUT2D eigenvalue weighted by molar-refractivity contribution is 7.70. The summed E-state index contributed by atoms with van der Waals surface area (Å²) in [6, 6.07) is 58.1. The first kappa shape index (κ1) is 32.3. The first-order valence-corrected chi connectivity index (χ1v) is 19.1. The molecule has 7 rings (SSSR count). The van der Waals surface area contributed by atoms with Crippen molar-refractivity contribution in [1.29, 1.82) is 0 Å². The van der Waals surface area contributed by atoms with Crippen molar-refractivity contribution in [1.82, 2.24) is 9.65 Å². The minimum atomic E-state index is -1.11. The van der Waals surface area contributed by atoms with E-state index < -0.39 is 16.2 Å². The van der Waals surface area contributed by atoms with Crippen molar-refractivity contribution in [3.63, 3.8) is 0 Å². The van der Waals surface area contributed by atoms with E-state index in [-0.39, 0.29) is 12.1 Å². The van der Waals surface area contributed by atoms with Gasteiger partial charge in [0, 0.05) is 47.6 Å². The molecule has 4 nitrogen and oxygen atoms in total. The molecule has 1 aromatic heterocycles. The molecule has 6 heteroatoms. The summed E-state index contributed by atoms with van der Waals surface area (Å²) in [5.41, 5.74) is 2.18. The molecule has 0 unspecified atom stereocenters. The molecule has 7 aromatic rings. The molecule has 0 saturated heterocycles. The quantitative estimate of drug-likeness (QED) is 0.125. The van der Waals surface area contributed by atoms with Crippen LogP contribution >= 0.6 is 16.2 Å². The normalized spacial score (nSPS) is 12.5. The SMILES string of the molecule is CC(C)N(C[C@H](COc1cccc2[nH]c3ccccc3c12)OP(c1ccccc1)c1ccccc1)P(c1ccccc1)c1ccccc1. The van der Waals surface area contributed by atoms with E-state index in [9.17, 15) is 0 Å². The van der Waals surface area contributed by atoms with Gasteiger partial charge in [-0.3, -0.25) is 4.67 Å². The lowest BCUT2D eigenvalue weighted by Crippen LogP contribution is -2.42. The highest BCUT2D eigenvalue weighted by atomic mass is 31.1. The number of rotatable bonds is 13. The number of nitrogens with zero attached hydrogens (tertiary/aromatic N) is 1. The average Bonchev–Trinajstić information content (AvgIpc) is 3.53. The van der Waals surface area contributed by atoms with Crippen LogP contribution in [0.1, 0.15) is 13.8 Å². The molecule has 1 heterocycles. The molecular weight excluding hydrogens is 626 g/mol. The zero-order valence-corrected chi connectivity index (χ0v) is 29.1. The van der Waals surface area contributed by atoms with E-state index in [1.54, 1.807) is 0 Å². The molecular formula is C42H40N2O2P2. The van der Waals surface area contributed by atoms with Crippen LogP contribution in [0.25, 0.3) is 21.8 Å². The van der Waals surface area contributed by atoms with Crippen LogP contribution in [0.15, 0.2) is 164 Å². The molecule has 0 saturated carbocycles. The molecule has 0 aliphatic rings. The molecule has 0 amide bonds. The number of fused-ring (bicyclic) bond motifs is 3. The van der Waals surface area contributed by atoms with Gasteiger partial charge in [0.25, 0.3) is 0 Å². The Morgan fingerprint density at radius 3 is 1.62 bits per heavy atom. The Labute approximate surface area is 286 Å². The molecule has 48 heavy (non-hydrogen) atoms. The van der Waals surface area contributed by atoms with Crippen LogP contribution in [-0.2, 0) is 4.52 Å². The van der Waals surface area contributed by atoms with Crippen molar-refractivity contribution in [3.8, 4) is 5.75 Å². The van der Waals surface area contributed by atoms with E-state index in [1.807, 2.05) is 0 Å². The predicted molar refractivity (Wildman–Crippen MR) is 206 cm³/mol. The average molecular weight is 667 g/mol. The smallest absolute Gasteiger partial charge is 0.129 e. The Bertz CT molecular complexity index is 1960. The first-order chi connectivity index (χ1) is 23.7. The molecule has 1 N–H and O–H groups in total. The molecule has 0 fully saturated rings. The number of aromatic nitrogens is 1. The number of aromatic amines is 1. The molecule has 0 aliphatic heterocycles. The van der Waals surface area contributed by atoms with E-state index >= 15 is 0 Å². The number of para-hydroxylation sites is 1. The maximum atomic E-state index is 7.33. The van der Waals surface area contributed by atoms with Crippen LogP contribution in [-0.4, -0.2) is 35.0 Å². The van der Waals surface area contributed by atoms with Crippen molar-refractivity contribution < 1.29 is 9.26 Å². The van der Waals surface area contributed by atoms with Crippen molar-refractivity contribution >= 4 is 59.2 Å². The van der Waals surface area contributed by atoms with Gasteiger partial charge in [-0.05, 0) is 42.7 Å². The standard InChI is InChI=1S/C42H40N2O2P2/c1-32(2)44(47(34-18-7-3-8-19-34)35-20-9-4-10-21-35)30-33(46-48(36-22-11-5-12-23-36)37-24-13-6-14-25-37)31-45-41-29-17-28-40-42(41)38-26-15-16-27-39(38)43-40/h3-29,32-33,43H,30-31H2,1-2H3/t33-/m1/s1. The van der Waals surface area contributed by atoms with E-state index in [2.05, 4.69) is 187 Å². The summed E-state index contributed by atoms with van der Waals surface area (Å²) in [5, 5.41) is 7.29. The summed E-state index contributed by atoms with van der Waals surface area (Å²) in [7, 11) is -1.94. The van der Waals surface area contributed by atoms with Gasteiger partial charge in [-0.15, -0.1) is 0 Å². The Morgan fingerprint density at radius 1 is 0.562 bits per heavy atom. The molecule has 0 aliphatic carbocycles. The number of hydrogen-bond donors (Lipinski definition) is 1. The summed E-state index contributed by atoms with van der Waals surface area (Å²) in [5.74, 6) is 0.867. The minimum Gasteiger partial charge on any atom is -0.490 e. The number of hydrogen-bond acceptors (Lipinski definition) is 3. The third-order valence-electron chi connectivity index (χ3n) is 8.40. The van der Waals surface area contributed by atoms with Gasteiger partial charge < -0.3 is 14.2 Å². The topological polar surface area (TPSA) is 37.5 Å². The molecule has 0 radical (unpaired) electrons. The van der Waals surface area contributed by atoms with Gasteiger partial charge in [-0.25, -0.2) is 0 Å². The lowest BCUT2D eigenvalue weighted by atomic mass is 10.1. The summed E-state index contributed by atoms with van der Waals surface area (Å²) < 4.78 is 16.8. The summed E-state index contributed by atoms with van der Waals surface area (Å²) in [6.45, 7) is 5.70. The second-order valence-corrected chi connectivity index (χ2v) is 16.1. The van der Waals surface area contributed by atoms with Crippen molar-refractivity contribution in [3.05, 3.63) is 164 Å². The molecule has 0 spiro atoms. The molecule has 1 atom stereocenters. The van der Waals surface area contributed by atoms with Crippen molar-refractivity contribution in [2.45, 2.75) is 26.0 Å². The third-order valence-corrected chi connectivity index (χ3v) is 13.2. The Hall–Kier alpha value is -4.30. The molecule has 6 aromatic carbocycles. The monoisotopic (exact) mass is 666 g/mol. The second kappa shape index (κ2) is 15.3. The fourth-order valence-electron chi connectivity index (χ4n) is 6.15. The molecule has 0 bridgehead atoms. The van der Waals surface area contributed by atoms with Crippen LogP contribution in [0.3, 0.4) is 0 Å². The molecule has 240 valence electrons. The van der Waals surface area contributed by atoms with Gasteiger partial charge in [-0.2, -0.15) is 0 Å². The largest absolute Gasteiger partial charge is 0.490 e. The lowest BCUT2D eigenvalue weighted by Gasteiger charge is -2.38. The van der Waals surface area contributed by atoms with Crippen molar-refractivity contribution in [2.24, 2.45) is 0 Å². The van der Waals surface area contributed by atoms with Crippen LogP contribution in [0.2, 0.25) is 0 Å². The van der Waals surface area contributed by atoms with E-state index in [0.717, 1.165) is 27.6 Å². The van der Waals surface area contributed by atoms with Gasteiger partial charge in [0.15, 0.2) is 0 Å². The number of nitrogens with one attached hydrogen (secondary N) is 1. The maximum Gasteiger partial charge on any atom is 0.129 e. The highest BCUT2D eigenvalue weighted by Crippen LogP contribution is 2.43. The number of ether oxygens (including phenoxy) is 1. The number of benzene rings is 6. The second-order valence-electron chi connectivity index (χ2n) is 12.1. The summed E-state index contributed by atoms with van der Waals surface area (Å²) in [6.07, 6.45) is -0.225. The Kier molecular flexibility index (Phi) is 10.3. The first-order valence-electron chi connectivity index (χ1n) is 16.5. The Morgan fingerprint density at radius 2 is 1.06 bits per heavy atom. The fraction of sp³-hybridized carbons (Fsp3) is 0.143. The van der Waals surface area contributed by atoms with Gasteiger partial charge >= 0.3 is 0 Å². The van der Waals surface area contributed by atoms with Gasteiger partial charge in [-0.1, -0.05) is 146 Å². The predicted octanol–water partition coefficient (Wildman–Crippen LogP) is 8.89. The van der Waals surface area contributed by atoms with Crippen LogP contribution in [0.4, 0.5) is 0 Å². The van der Waals surface area contributed by atoms with Crippen molar-refractivity contribution in [2.75, 3.05) is 13.2 Å². The van der Waals surface area contributed by atoms with E-state index in [1.165, 1.54) is 21.2 Å². The van der Waals surface area contributed by atoms with Crippen LogP contribution < -0.4 is 26.0 Å². The lowest BCUT2D eigenvalue weighted by molar-refractivity contribution is 0.120. The van der Waals surface area contributed by atoms with Crippen LogP contribution in [0, 0.1) is 0 Å². The fourth-order valence-corrected chi connectivity index (χ4v) is 10.6. The van der Waals surface area contributed by atoms with E-state index in [4.69, 9.17) is 9.26 Å². The highest BCUT2D eigenvalue weighted by Gasteiger charge is 2.30. The van der Waals surface area contributed by atoms with Crippen LogP contribution in [0.5, 0.6) is 5.75 Å². The number of H-pyrrole nitrogens is 1. The zero-order valence-electron chi connectivity index (χ0n) is 27.3. The van der Waals surface area contributed by atoms with E-state index in [0.29, 0.717) is 13.2 Å². The maximum absolute atomic E-state index is 7.33. The van der Waals surface area contributed by atoms with Gasteiger partial charge in [0.05, 0.1) is 13.7 Å².